The van der Waals surface area contributed by atoms with Gasteiger partial charge in [-0.3, -0.25) is 9.78 Å². The van der Waals surface area contributed by atoms with Gasteiger partial charge in [-0.2, -0.15) is 0 Å². The monoisotopic (exact) mass is 323 g/mol. The van der Waals surface area contributed by atoms with Crippen molar-refractivity contribution in [3.63, 3.8) is 0 Å². The minimum atomic E-state index is -0.468. The summed E-state index contributed by atoms with van der Waals surface area (Å²) in [5.41, 5.74) is 3.48. The summed E-state index contributed by atoms with van der Waals surface area (Å²) in [4.78, 5) is 20.5. The predicted molar refractivity (Wildman–Crippen MR) is 89.5 cm³/mol. The van der Waals surface area contributed by atoms with Crippen LogP contribution < -0.4 is 10.1 Å². The zero-order valence-electron chi connectivity index (χ0n) is 12.3. The second-order valence-electron chi connectivity index (χ2n) is 5.24. The summed E-state index contributed by atoms with van der Waals surface area (Å²) in [6.45, 7) is 1.73. The van der Waals surface area contributed by atoms with Gasteiger partial charge in [0, 0.05) is 28.9 Å². The van der Waals surface area contributed by atoms with Gasteiger partial charge in [0.05, 0.1) is 11.4 Å². The lowest BCUT2D eigenvalue weighted by Gasteiger charge is -2.23. The number of amides is 1. The molecule has 0 saturated heterocycles. The Labute approximate surface area is 137 Å². The molecular weight excluding hydrogens is 310 g/mol. The number of nitrogens with one attached hydrogen (secondary N) is 1. The van der Waals surface area contributed by atoms with Gasteiger partial charge in [-0.15, -0.1) is 11.3 Å². The maximum Gasteiger partial charge on any atom is 0.265 e. The Hall–Kier alpha value is -2.73. The lowest BCUT2D eigenvalue weighted by molar-refractivity contribution is -0.122. The highest BCUT2D eigenvalue weighted by Gasteiger charge is 2.23. The van der Waals surface area contributed by atoms with Gasteiger partial charge in [0.2, 0.25) is 0 Å². The number of hydrogen-bond acceptors (Lipinski definition) is 5. The van der Waals surface area contributed by atoms with Crippen molar-refractivity contribution in [2.24, 2.45) is 0 Å². The van der Waals surface area contributed by atoms with E-state index in [1.54, 1.807) is 30.7 Å². The first-order chi connectivity index (χ1) is 11.2. The number of nitrogens with zero attached hydrogens (tertiary/aromatic N) is 2. The zero-order valence-corrected chi connectivity index (χ0v) is 13.1. The highest BCUT2D eigenvalue weighted by Crippen LogP contribution is 2.35. The topological polar surface area (TPSA) is 64.1 Å². The van der Waals surface area contributed by atoms with E-state index in [2.05, 4.69) is 15.3 Å². The summed E-state index contributed by atoms with van der Waals surface area (Å²) in [5.74, 6) is 0.549. The average Bonchev–Trinajstić information content (AvgIpc) is 3.06. The summed E-state index contributed by atoms with van der Waals surface area (Å²) in [6.07, 6.45) is 3.07. The standard InChI is InChI=1S/C17H13N3O2S/c1-10-16(21)19-13-7-11(4-5-15(13)22-10)14-9-23-17(20-14)12-3-2-6-18-8-12/h2-10H,1H3,(H,19,21). The Morgan fingerprint density at radius 1 is 1.26 bits per heavy atom. The normalized spacial score (nSPS) is 16.4. The third-order valence-corrected chi connectivity index (χ3v) is 4.51. The van der Waals surface area contributed by atoms with Crippen molar-refractivity contribution in [3.8, 4) is 27.6 Å². The summed E-state index contributed by atoms with van der Waals surface area (Å²) < 4.78 is 5.57. The smallest absolute Gasteiger partial charge is 0.265 e. The molecule has 1 amide bonds. The first-order valence-corrected chi connectivity index (χ1v) is 8.06. The van der Waals surface area contributed by atoms with E-state index in [9.17, 15) is 4.79 Å². The van der Waals surface area contributed by atoms with Crippen LogP contribution in [0.2, 0.25) is 0 Å². The highest BCUT2D eigenvalue weighted by molar-refractivity contribution is 7.13. The van der Waals surface area contributed by atoms with Gasteiger partial charge in [0.25, 0.3) is 5.91 Å². The third-order valence-electron chi connectivity index (χ3n) is 3.62. The highest BCUT2D eigenvalue weighted by atomic mass is 32.1. The fraction of sp³-hybridized carbons (Fsp3) is 0.118. The Kier molecular flexibility index (Phi) is 3.31. The molecule has 0 fully saturated rings. The van der Waals surface area contributed by atoms with Gasteiger partial charge >= 0.3 is 0 Å². The molecule has 6 heteroatoms. The first kappa shape index (κ1) is 13.9. The van der Waals surface area contributed by atoms with Crippen LogP contribution in [0.1, 0.15) is 6.92 Å². The molecule has 1 aliphatic rings. The van der Waals surface area contributed by atoms with Crippen molar-refractivity contribution in [2.45, 2.75) is 13.0 Å². The molecular formula is C17H13N3O2S. The molecule has 0 saturated carbocycles. The van der Waals surface area contributed by atoms with E-state index < -0.39 is 6.10 Å². The average molecular weight is 323 g/mol. The number of fused-ring (bicyclic) bond motifs is 1. The Morgan fingerprint density at radius 3 is 3.00 bits per heavy atom. The second-order valence-corrected chi connectivity index (χ2v) is 6.10. The molecule has 1 aliphatic heterocycles. The minimum Gasteiger partial charge on any atom is -0.479 e. The van der Waals surface area contributed by atoms with Crippen molar-refractivity contribution >= 4 is 22.9 Å². The summed E-state index contributed by atoms with van der Waals surface area (Å²) in [6, 6.07) is 9.58. The molecule has 1 aromatic carbocycles. The summed E-state index contributed by atoms with van der Waals surface area (Å²) in [5, 5.41) is 5.77. The van der Waals surface area contributed by atoms with E-state index in [1.165, 1.54) is 0 Å². The van der Waals surface area contributed by atoms with E-state index in [1.807, 2.05) is 35.7 Å². The minimum absolute atomic E-state index is 0.135. The fourth-order valence-corrected chi connectivity index (χ4v) is 3.22. The van der Waals surface area contributed by atoms with E-state index in [0.29, 0.717) is 11.4 Å². The van der Waals surface area contributed by atoms with Crippen LogP contribution >= 0.6 is 11.3 Å². The molecule has 5 nitrogen and oxygen atoms in total. The lowest BCUT2D eigenvalue weighted by atomic mass is 10.1. The van der Waals surface area contributed by atoms with Gasteiger partial charge in [0.1, 0.15) is 10.8 Å². The van der Waals surface area contributed by atoms with Crippen LogP contribution in [0.15, 0.2) is 48.1 Å². The van der Waals surface area contributed by atoms with Crippen molar-refractivity contribution in [1.82, 2.24) is 9.97 Å². The predicted octanol–water partition coefficient (Wildman–Crippen LogP) is 3.59. The molecule has 0 spiro atoms. The number of pyridine rings is 1. The summed E-state index contributed by atoms with van der Waals surface area (Å²) >= 11 is 1.57. The van der Waals surface area contributed by atoms with Gasteiger partial charge in [-0.1, -0.05) is 0 Å². The fourth-order valence-electron chi connectivity index (χ4n) is 2.40. The molecule has 3 aromatic rings. The van der Waals surface area contributed by atoms with Crippen LogP contribution in [0.3, 0.4) is 0 Å². The number of thiazole rings is 1. The molecule has 23 heavy (non-hydrogen) atoms. The van der Waals surface area contributed by atoms with E-state index in [-0.39, 0.29) is 5.91 Å². The number of aromatic nitrogens is 2. The summed E-state index contributed by atoms with van der Waals surface area (Å²) in [7, 11) is 0. The number of benzene rings is 1. The van der Waals surface area contributed by atoms with E-state index >= 15 is 0 Å². The SMILES string of the molecule is CC1Oc2ccc(-c3csc(-c4cccnc4)n3)cc2NC1=O. The second kappa shape index (κ2) is 5.48. The van der Waals surface area contributed by atoms with E-state index in [4.69, 9.17) is 4.74 Å². The molecule has 4 rings (SSSR count). The van der Waals surface area contributed by atoms with Crippen LogP contribution in [0.4, 0.5) is 5.69 Å². The first-order valence-electron chi connectivity index (χ1n) is 7.18. The number of anilines is 1. The maximum absolute atomic E-state index is 11.7. The van der Waals surface area contributed by atoms with Crippen LogP contribution in [0.5, 0.6) is 5.75 Å². The van der Waals surface area contributed by atoms with Gasteiger partial charge in [-0.05, 0) is 37.3 Å². The molecule has 2 aromatic heterocycles. The van der Waals surface area contributed by atoms with Crippen molar-refractivity contribution in [3.05, 3.63) is 48.1 Å². The van der Waals surface area contributed by atoms with Gasteiger partial charge in [-0.25, -0.2) is 4.98 Å². The third kappa shape index (κ3) is 2.57. The van der Waals surface area contributed by atoms with Crippen molar-refractivity contribution < 1.29 is 9.53 Å². The number of ether oxygens (including phenoxy) is 1. The van der Waals surface area contributed by atoms with E-state index in [0.717, 1.165) is 21.8 Å². The zero-order chi connectivity index (χ0) is 15.8. The molecule has 114 valence electrons. The Bertz CT molecular complexity index is 877. The molecule has 3 heterocycles. The van der Waals surface area contributed by atoms with Gasteiger partial charge in [0.15, 0.2) is 6.10 Å². The van der Waals surface area contributed by atoms with Crippen molar-refractivity contribution in [1.29, 1.82) is 0 Å². The molecule has 0 aliphatic carbocycles. The number of carbonyl (C=O) groups excluding carboxylic acids is 1. The quantitative estimate of drug-likeness (QED) is 0.783. The Balaban J connectivity index is 1.68. The molecule has 1 atom stereocenters. The van der Waals surface area contributed by atoms with Crippen molar-refractivity contribution in [2.75, 3.05) is 5.32 Å². The largest absolute Gasteiger partial charge is 0.479 e. The molecule has 1 N–H and O–H groups in total. The molecule has 0 radical (unpaired) electrons. The number of rotatable bonds is 2. The van der Waals surface area contributed by atoms with Crippen LogP contribution in [-0.2, 0) is 4.79 Å². The van der Waals surface area contributed by atoms with Gasteiger partial charge < -0.3 is 10.1 Å². The molecule has 0 bridgehead atoms. The van der Waals surface area contributed by atoms with Crippen LogP contribution in [-0.4, -0.2) is 22.0 Å². The lowest BCUT2D eigenvalue weighted by Crippen LogP contribution is -2.34. The maximum atomic E-state index is 11.7. The number of hydrogen-bond donors (Lipinski definition) is 1. The van der Waals surface area contributed by atoms with Crippen LogP contribution in [0.25, 0.3) is 21.8 Å². The van der Waals surface area contributed by atoms with Crippen LogP contribution in [0, 0.1) is 0 Å². The molecule has 1 unspecified atom stereocenters. The Morgan fingerprint density at radius 2 is 2.17 bits per heavy atom. The number of carbonyl (C=O) groups is 1.